The summed E-state index contributed by atoms with van der Waals surface area (Å²) in [6, 6.07) is 3.75. The minimum Gasteiger partial charge on any atom is -0.495 e. The Kier molecular flexibility index (Phi) is 7.32. The van der Waals surface area contributed by atoms with Gasteiger partial charge < -0.3 is 20.3 Å². The van der Waals surface area contributed by atoms with E-state index in [1.54, 1.807) is 18.2 Å². The highest BCUT2D eigenvalue weighted by Crippen LogP contribution is 2.25. The van der Waals surface area contributed by atoms with Gasteiger partial charge in [0.25, 0.3) is 0 Å². The van der Waals surface area contributed by atoms with Crippen molar-refractivity contribution < 1.29 is 24.5 Å². The second kappa shape index (κ2) is 8.74. The second-order valence-corrected chi connectivity index (χ2v) is 6.12. The largest absolute Gasteiger partial charge is 0.495 e. The topological polar surface area (TPSA) is 95.9 Å². The minimum absolute atomic E-state index is 0.0547. The highest BCUT2D eigenvalue weighted by molar-refractivity contribution is 6.32. The van der Waals surface area contributed by atoms with Gasteiger partial charge in [-0.2, -0.15) is 0 Å². The summed E-state index contributed by atoms with van der Waals surface area (Å²) >= 11 is 6.01. The summed E-state index contributed by atoms with van der Waals surface area (Å²) in [5, 5.41) is 21.7. The summed E-state index contributed by atoms with van der Waals surface area (Å²) in [5.41, 5.74) is 0.641. The van der Waals surface area contributed by atoms with Crippen molar-refractivity contribution in [2.24, 2.45) is 5.92 Å². The molecule has 128 valence electrons. The number of nitrogens with one attached hydrogen (secondary N) is 1. The van der Waals surface area contributed by atoms with E-state index >= 15 is 0 Å². The highest BCUT2D eigenvalue weighted by Gasteiger charge is 2.25. The number of carboxylic acid groups (broad SMARTS) is 1. The molecule has 0 aliphatic rings. The molecule has 0 saturated carbocycles. The summed E-state index contributed by atoms with van der Waals surface area (Å²) in [6.45, 7) is 3.73. The molecular formula is C16H22ClNO5. The Bertz CT molecular complexity index is 561. The number of rotatable bonds is 8. The van der Waals surface area contributed by atoms with E-state index in [9.17, 15) is 19.8 Å². The molecule has 1 aromatic rings. The Labute approximate surface area is 140 Å². The lowest BCUT2D eigenvalue weighted by Crippen LogP contribution is -2.46. The summed E-state index contributed by atoms with van der Waals surface area (Å²) < 4.78 is 5.03. The van der Waals surface area contributed by atoms with Crippen molar-refractivity contribution >= 4 is 23.5 Å². The van der Waals surface area contributed by atoms with Crippen LogP contribution in [0.25, 0.3) is 0 Å². The number of hydrogen-bond donors (Lipinski definition) is 3. The van der Waals surface area contributed by atoms with E-state index in [0.717, 1.165) is 0 Å². The Morgan fingerprint density at radius 2 is 2.00 bits per heavy atom. The van der Waals surface area contributed by atoms with Gasteiger partial charge in [0.1, 0.15) is 17.9 Å². The van der Waals surface area contributed by atoms with Crippen molar-refractivity contribution in [2.75, 3.05) is 7.11 Å². The smallest absolute Gasteiger partial charge is 0.326 e. The average Bonchev–Trinajstić information content (AvgIpc) is 2.45. The first-order chi connectivity index (χ1) is 10.7. The van der Waals surface area contributed by atoms with Gasteiger partial charge in [0.2, 0.25) is 5.91 Å². The van der Waals surface area contributed by atoms with E-state index in [-0.39, 0.29) is 18.8 Å². The van der Waals surface area contributed by atoms with Crippen molar-refractivity contribution in [1.82, 2.24) is 5.32 Å². The standard InChI is InChI=1S/C16H22ClNO5/c1-9(2)6-13(19)15(20)18-12(16(21)22)8-10-4-5-14(23-3)11(17)7-10/h4-5,7,9,12-13,19H,6,8H2,1-3H3,(H,18,20)(H,21,22)/t12-,13-/m0/s1. The molecule has 1 rings (SSSR count). The van der Waals surface area contributed by atoms with Gasteiger partial charge in [-0.05, 0) is 30.0 Å². The quantitative estimate of drug-likeness (QED) is 0.669. The number of aliphatic hydroxyl groups excluding tert-OH is 1. The van der Waals surface area contributed by atoms with Crippen LogP contribution in [0.4, 0.5) is 0 Å². The highest BCUT2D eigenvalue weighted by atomic mass is 35.5. The Morgan fingerprint density at radius 3 is 2.48 bits per heavy atom. The first-order valence-corrected chi connectivity index (χ1v) is 7.66. The summed E-state index contributed by atoms with van der Waals surface area (Å²) in [6.07, 6.45) is -0.901. The van der Waals surface area contributed by atoms with E-state index in [1.807, 2.05) is 13.8 Å². The van der Waals surface area contributed by atoms with Gasteiger partial charge in [0.05, 0.1) is 12.1 Å². The van der Waals surface area contributed by atoms with Crippen molar-refractivity contribution in [3.63, 3.8) is 0 Å². The summed E-state index contributed by atoms with van der Waals surface area (Å²) in [4.78, 5) is 23.2. The summed E-state index contributed by atoms with van der Waals surface area (Å²) in [5.74, 6) is -1.26. The molecule has 1 amide bonds. The lowest BCUT2D eigenvalue weighted by Gasteiger charge is -2.18. The van der Waals surface area contributed by atoms with Gasteiger partial charge in [-0.3, -0.25) is 4.79 Å². The van der Waals surface area contributed by atoms with Gasteiger partial charge >= 0.3 is 5.97 Å². The van der Waals surface area contributed by atoms with Crippen LogP contribution < -0.4 is 10.1 Å². The number of amides is 1. The molecule has 0 aromatic heterocycles. The molecule has 0 spiro atoms. The van der Waals surface area contributed by atoms with Gasteiger partial charge in [0, 0.05) is 6.42 Å². The molecule has 0 unspecified atom stereocenters. The number of aliphatic hydroxyl groups is 1. The van der Waals surface area contributed by atoms with Crippen LogP contribution in [-0.2, 0) is 16.0 Å². The molecule has 6 nitrogen and oxygen atoms in total. The molecule has 2 atom stereocenters. The molecule has 0 heterocycles. The van der Waals surface area contributed by atoms with Crippen LogP contribution in [0.3, 0.4) is 0 Å². The van der Waals surface area contributed by atoms with E-state index in [0.29, 0.717) is 16.3 Å². The number of halogens is 1. The Hall–Kier alpha value is -1.79. The molecular weight excluding hydrogens is 322 g/mol. The monoisotopic (exact) mass is 343 g/mol. The zero-order valence-corrected chi connectivity index (χ0v) is 14.1. The van der Waals surface area contributed by atoms with Crippen molar-refractivity contribution in [2.45, 2.75) is 38.8 Å². The van der Waals surface area contributed by atoms with E-state index < -0.39 is 24.0 Å². The maximum Gasteiger partial charge on any atom is 0.326 e. The third-order valence-corrected chi connectivity index (χ3v) is 3.56. The van der Waals surface area contributed by atoms with Crippen LogP contribution in [0.5, 0.6) is 5.75 Å². The average molecular weight is 344 g/mol. The van der Waals surface area contributed by atoms with Crippen LogP contribution >= 0.6 is 11.6 Å². The molecule has 1 aromatic carbocycles. The number of carbonyl (C=O) groups excluding carboxylic acids is 1. The zero-order valence-electron chi connectivity index (χ0n) is 13.4. The fourth-order valence-corrected chi connectivity index (χ4v) is 2.37. The molecule has 23 heavy (non-hydrogen) atoms. The molecule has 0 radical (unpaired) electrons. The van der Waals surface area contributed by atoms with Gasteiger partial charge in [-0.1, -0.05) is 31.5 Å². The van der Waals surface area contributed by atoms with E-state index in [4.69, 9.17) is 16.3 Å². The van der Waals surface area contributed by atoms with E-state index in [2.05, 4.69) is 5.32 Å². The minimum atomic E-state index is -1.23. The maximum absolute atomic E-state index is 11.9. The molecule has 7 heteroatoms. The van der Waals surface area contributed by atoms with Crippen molar-refractivity contribution in [1.29, 1.82) is 0 Å². The van der Waals surface area contributed by atoms with Crippen LogP contribution in [0.2, 0.25) is 5.02 Å². The first kappa shape index (κ1) is 19.3. The van der Waals surface area contributed by atoms with Crippen LogP contribution in [-0.4, -0.2) is 41.3 Å². The number of methoxy groups -OCH3 is 1. The fourth-order valence-electron chi connectivity index (χ4n) is 2.09. The number of hydrogen-bond acceptors (Lipinski definition) is 4. The normalized spacial score (nSPS) is 13.5. The molecule has 3 N–H and O–H groups in total. The number of ether oxygens (including phenoxy) is 1. The van der Waals surface area contributed by atoms with Crippen molar-refractivity contribution in [3.8, 4) is 5.75 Å². The molecule has 0 bridgehead atoms. The zero-order chi connectivity index (χ0) is 17.6. The van der Waals surface area contributed by atoms with Crippen molar-refractivity contribution in [3.05, 3.63) is 28.8 Å². The predicted molar refractivity (Wildman–Crippen MR) is 86.7 cm³/mol. The van der Waals surface area contributed by atoms with Gasteiger partial charge in [-0.25, -0.2) is 4.79 Å². The number of carbonyl (C=O) groups is 2. The number of aliphatic carboxylic acids is 1. The SMILES string of the molecule is COc1ccc(C[C@H](NC(=O)[C@@H](O)CC(C)C)C(=O)O)cc1Cl. The van der Waals surface area contributed by atoms with E-state index in [1.165, 1.54) is 7.11 Å². The molecule has 0 aliphatic heterocycles. The molecule has 0 aliphatic carbocycles. The third kappa shape index (κ3) is 6.08. The fraction of sp³-hybridized carbons (Fsp3) is 0.500. The Morgan fingerprint density at radius 1 is 1.35 bits per heavy atom. The lowest BCUT2D eigenvalue weighted by molar-refractivity contribution is -0.143. The second-order valence-electron chi connectivity index (χ2n) is 5.72. The number of carboxylic acids is 1. The van der Waals surface area contributed by atoms with Crippen LogP contribution in [0.15, 0.2) is 18.2 Å². The lowest BCUT2D eigenvalue weighted by atomic mass is 10.0. The number of benzene rings is 1. The third-order valence-electron chi connectivity index (χ3n) is 3.27. The first-order valence-electron chi connectivity index (χ1n) is 7.28. The van der Waals surface area contributed by atoms with Crippen LogP contribution in [0.1, 0.15) is 25.8 Å². The maximum atomic E-state index is 11.9. The van der Waals surface area contributed by atoms with Gasteiger partial charge in [0.15, 0.2) is 0 Å². The van der Waals surface area contributed by atoms with Gasteiger partial charge in [-0.15, -0.1) is 0 Å². The predicted octanol–water partition coefficient (Wildman–Crippen LogP) is 1.87. The molecule has 0 fully saturated rings. The summed E-state index contributed by atoms with van der Waals surface area (Å²) in [7, 11) is 1.48. The Balaban J connectivity index is 2.78. The molecule has 0 saturated heterocycles. The van der Waals surface area contributed by atoms with Crippen LogP contribution in [0, 0.1) is 5.92 Å².